The summed E-state index contributed by atoms with van der Waals surface area (Å²) in [6.07, 6.45) is 1.71. The second-order valence-electron chi connectivity index (χ2n) is 4.23. The lowest BCUT2D eigenvalue weighted by atomic mass is 10.1. The van der Waals surface area contributed by atoms with E-state index < -0.39 is 0 Å². The number of nitrogens with zero attached hydrogens (tertiary/aromatic N) is 1. The average Bonchev–Trinajstić information content (AvgIpc) is 2.45. The standard InChI is InChI=1S/C15H12FN3/c16-10-3-5-11(6-4-10)19-14-8-7-13(17)15-12(14)2-1-9-18-15/h1-9,19H,17H2. The lowest BCUT2D eigenvalue weighted by Crippen LogP contribution is -1.95. The van der Waals surface area contributed by atoms with Crippen LogP contribution in [0.4, 0.5) is 21.5 Å². The van der Waals surface area contributed by atoms with Gasteiger partial charge in [0, 0.05) is 23.0 Å². The molecule has 0 saturated heterocycles. The molecule has 1 heterocycles. The van der Waals surface area contributed by atoms with Crippen LogP contribution in [0, 0.1) is 5.82 Å². The zero-order valence-corrected chi connectivity index (χ0v) is 10.1. The number of fused-ring (bicyclic) bond motifs is 1. The largest absolute Gasteiger partial charge is 0.397 e. The van der Waals surface area contributed by atoms with Crippen molar-refractivity contribution < 1.29 is 4.39 Å². The van der Waals surface area contributed by atoms with E-state index in [4.69, 9.17) is 5.73 Å². The summed E-state index contributed by atoms with van der Waals surface area (Å²) in [7, 11) is 0. The van der Waals surface area contributed by atoms with Gasteiger partial charge in [-0.3, -0.25) is 4.98 Å². The minimum Gasteiger partial charge on any atom is -0.397 e. The summed E-state index contributed by atoms with van der Waals surface area (Å²) in [6.45, 7) is 0. The second-order valence-corrected chi connectivity index (χ2v) is 4.23. The Hall–Kier alpha value is -2.62. The Balaban J connectivity index is 2.06. The SMILES string of the molecule is Nc1ccc(Nc2ccc(F)cc2)c2cccnc12. The Bertz CT molecular complexity index is 723. The van der Waals surface area contributed by atoms with Crippen molar-refractivity contribution in [2.24, 2.45) is 0 Å². The average molecular weight is 253 g/mol. The molecule has 3 rings (SSSR count). The molecule has 19 heavy (non-hydrogen) atoms. The van der Waals surface area contributed by atoms with Crippen LogP contribution in [0.2, 0.25) is 0 Å². The predicted molar refractivity (Wildman–Crippen MR) is 75.8 cm³/mol. The molecule has 2 aromatic carbocycles. The summed E-state index contributed by atoms with van der Waals surface area (Å²) in [4.78, 5) is 4.27. The van der Waals surface area contributed by atoms with Gasteiger partial charge in [0.15, 0.2) is 0 Å². The minimum absolute atomic E-state index is 0.255. The Labute approximate surface area is 109 Å². The first-order valence-corrected chi connectivity index (χ1v) is 5.90. The molecule has 0 spiro atoms. The number of nitrogens with one attached hydrogen (secondary N) is 1. The van der Waals surface area contributed by atoms with E-state index in [1.807, 2.05) is 18.2 Å². The van der Waals surface area contributed by atoms with Gasteiger partial charge in [-0.2, -0.15) is 0 Å². The highest BCUT2D eigenvalue weighted by atomic mass is 19.1. The summed E-state index contributed by atoms with van der Waals surface area (Å²) < 4.78 is 12.9. The fraction of sp³-hybridized carbons (Fsp3) is 0. The topological polar surface area (TPSA) is 50.9 Å². The van der Waals surface area contributed by atoms with Crippen molar-refractivity contribution in [3.63, 3.8) is 0 Å². The minimum atomic E-state index is -0.255. The summed E-state index contributed by atoms with van der Waals surface area (Å²) in [5.41, 5.74) is 9.01. The van der Waals surface area contributed by atoms with Gasteiger partial charge < -0.3 is 11.1 Å². The van der Waals surface area contributed by atoms with E-state index in [-0.39, 0.29) is 5.82 Å². The molecule has 0 atom stereocenters. The number of pyridine rings is 1. The molecule has 94 valence electrons. The molecule has 0 amide bonds. The maximum absolute atomic E-state index is 12.9. The third kappa shape index (κ3) is 2.20. The zero-order chi connectivity index (χ0) is 13.2. The molecule has 3 N–H and O–H groups in total. The summed E-state index contributed by atoms with van der Waals surface area (Å²) >= 11 is 0. The maximum atomic E-state index is 12.9. The predicted octanol–water partition coefficient (Wildman–Crippen LogP) is 3.70. The van der Waals surface area contributed by atoms with Gasteiger partial charge in [-0.1, -0.05) is 0 Å². The van der Waals surface area contributed by atoms with E-state index in [1.165, 1.54) is 12.1 Å². The highest BCUT2D eigenvalue weighted by Gasteiger charge is 2.05. The van der Waals surface area contributed by atoms with Crippen LogP contribution >= 0.6 is 0 Å². The van der Waals surface area contributed by atoms with Crippen LogP contribution in [-0.2, 0) is 0 Å². The van der Waals surface area contributed by atoms with Crippen LogP contribution in [0.15, 0.2) is 54.7 Å². The van der Waals surface area contributed by atoms with Crippen LogP contribution < -0.4 is 11.1 Å². The molecule has 3 nitrogen and oxygen atoms in total. The molecule has 1 aromatic heterocycles. The molecule has 0 aliphatic rings. The van der Waals surface area contributed by atoms with E-state index in [1.54, 1.807) is 24.4 Å². The summed E-state index contributed by atoms with van der Waals surface area (Å²) in [6, 6.07) is 13.7. The molecule has 0 radical (unpaired) electrons. The number of aromatic nitrogens is 1. The first kappa shape index (κ1) is 11.5. The van der Waals surface area contributed by atoms with E-state index in [2.05, 4.69) is 10.3 Å². The fourth-order valence-corrected chi connectivity index (χ4v) is 1.99. The van der Waals surface area contributed by atoms with Gasteiger partial charge in [-0.25, -0.2) is 4.39 Å². The number of nitrogen functional groups attached to an aromatic ring is 1. The van der Waals surface area contributed by atoms with E-state index in [0.717, 1.165) is 22.3 Å². The molecular weight excluding hydrogens is 241 g/mol. The fourth-order valence-electron chi connectivity index (χ4n) is 1.99. The van der Waals surface area contributed by atoms with Crippen LogP contribution in [0.5, 0.6) is 0 Å². The Morgan fingerprint density at radius 1 is 1.00 bits per heavy atom. The molecule has 0 aliphatic carbocycles. The van der Waals surface area contributed by atoms with E-state index in [9.17, 15) is 4.39 Å². The van der Waals surface area contributed by atoms with Crippen molar-refractivity contribution in [2.75, 3.05) is 11.1 Å². The number of benzene rings is 2. The Kier molecular flexibility index (Phi) is 2.76. The van der Waals surface area contributed by atoms with E-state index in [0.29, 0.717) is 5.69 Å². The quantitative estimate of drug-likeness (QED) is 0.685. The van der Waals surface area contributed by atoms with Crippen LogP contribution in [0.25, 0.3) is 10.9 Å². The monoisotopic (exact) mass is 253 g/mol. The summed E-state index contributed by atoms with van der Waals surface area (Å²) in [5, 5.41) is 4.18. The number of hydrogen-bond donors (Lipinski definition) is 2. The third-order valence-electron chi connectivity index (χ3n) is 2.92. The van der Waals surface area contributed by atoms with Gasteiger partial charge in [-0.05, 0) is 48.5 Å². The van der Waals surface area contributed by atoms with Crippen molar-refractivity contribution in [2.45, 2.75) is 0 Å². The van der Waals surface area contributed by atoms with Crippen LogP contribution in [0.3, 0.4) is 0 Å². The zero-order valence-electron chi connectivity index (χ0n) is 10.1. The Morgan fingerprint density at radius 2 is 1.79 bits per heavy atom. The number of hydrogen-bond acceptors (Lipinski definition) is 3. The Morgan fingerprint density at radius 3 is 2.58 bits per heavy atom. The number of halogens is 1. The molecule has 0 saturated carbocycles. The van der Waals surface area contributed by atoms with Crippen molar-refractivity contribution >= 4 is 28.0 Å². The van der Waals surface area contributed by atoms with Gasteiger partial charge in [0.1, 0.15) is 5.82 Å². The van der Waals surface area contributed by atoms with Crippen molar-refractivity contribution in [1.29, 1.82) is 0 Å². The van der Waals surface area contributed by atoms with Crippen molar-refractivity contribution in [3.05, 3.63) is 60.5 Å². The highest BCUT2D eigenvalue weighted by molar-refractivity contribution is 5.99. The van der Waals surface area contributed by atoms with Gasteiger partial charge in [0.2, 0.25) is 0 Å². The molecule has 4 heteroatoms. The smallest absolute Gasteiger partial charge is 0.123 e. The molecule has 3 aromatic rings. The first-order valence-electron chi connectivity index (χ1n) is 5.90. The van der Waals surface area contributed by atoms with E-state index >= 15 is 0 Å². The van der Waals surface area contributed by atoms with Gasteiger partial charge in [0.05, 0.1) is 11.2 Å². The maximum Gasteiger partial charge on any atom is 0.123 e. The summed E-state index contributed by atoms with van der Waals surface area (Å²) in [5.74, 6) is -0.255. The molecular formula is C15H12FN3. The van der Waals surface area contributed by atoms with Crippen LogP contribution in [-0.4, -0.2) is 4.98 Å². The number of anilines is 3. The first-order chi connectivity index (χ1) is 9.24. The molecule has 0 bridgehead atoms. The number of nitrogens with two attached hydrogens (primary N) is 1. The molecule has 0 aliphatic heterocycles. The third-order valence-corrected chi connectivity index (χ3v) is 2.92. The van der Waals surface area contributed by atoms with Gasteiger partial charge >= 0.3 is 0 Å². The van der Waals surface area contributed by atoms with Crippen molar-refractivity contribution in [1.82, 2.24) is 4.98 Å². The second kappa shape index (κ2) is 4.57. The highest BCUT2D eigenvalue weighted by Crippen LogP contribution is 2.28. The molecule has 0 fully saturated rings. The van der Waals surface area contributed by atoms with Crippen molar-refractivity contribution in [3.8, 4) is 0 Å². The normalized spacial score (nSPS) is 10.6. The lowest BCUT2D eigenvalue weighted by Gasteiger charge is -2.10. The lowest BCUT2D eigenvalue weighted by molar-refractivity contribution is 0.628. The van der Waals surface area contributed by atoms with Crippen LogP contribution in [0.1, 0.15) is 0 Å². The van der Waals surface area contributed by atoms with Gasteiger partial charge in [0.25, 0.3) is 0 Å². The number of rotatable bonds is 2. The van der Waals surface area contributed by atoms with Gasteiger partial charge in [-0.15, -0.1) is 0 Å². The molecule has 0 unspecified atom stereocenters.